The number of carbonyl (C=O) groups excluding carboxylic acids is 1. The molecule has 2 rings (SSSR count). The first kappa shape index (κ1) is 14.7. The monoisotopic (exact) mass is 333 g/mol. The Morgan fingerprint density at radius 2 is 2.10 bits per heavy atom. The molecule has 2 aromatic rings. The molecule has 0 unspecified atom stereocenters. The van der Waals surface area contributed by atoms with Gasteiger partial charge in [0.15, 0.2) is 0 Å². The number of carbonyl (C=O) groups is 1. The molecule has 20 heavy (non-hydrogen) atoms. The van der Waals surface area contributed by atoms with Crippen LogP contribution in [0.25, 0.3) is 0 Å². The number of anilines is 1. The highest BCUT2D eigenvalue weighted by Crippen LogP contribution is 2.16. The Morgan fingerprint density at radius 1 is 1.25 bits per heavy atom. The summed E-state index contributed by atoms with van der Waals surface area (Å²) < 4.78 is 0.913. The summed E-state index contributed by atoms with van der Waals surface area (Å²) in [7, 11) is 1.75. The van der Waals surface area contributed by atoms with E-state index in [4.69, 9.17) is 0 Å². The number of hydrogen-bond donors (Lipinski definition) is 0. The van der Waals surface area contributed by atoms with Crippen LogP contribution in [-0.4, -0.2) is 22.9 Å². The van der Waals surface area contributed by atoms with E-state index >= 15 is 0 Å². The van der Waals surface area contributed by atoms with E-state index in [0.717, 1.165) is 23.0 Å². The molecule has 0 aliphatic rings. The Labute approximate surface area is 127 Å². The van der Waals surface area contributed by atoms with E-state index in [2.05, 4.69) is 25.9 Å². The summed E-state index contributed by atoms with van der Waals surface area (Å²) in [6.45, 7) is 0. The molecule has 0 N–H and O–H groups in total. The Bertz CT molecular complexity index is 574. The van der Waals surface area contributed by atoms with Crippen molar-refractivity contribution in [2.45, 2.75) is 19.3 Å². The Balaban J connectivity index is 1.85. The van der Waals surface area contributed by atoms with Gasteiger partial charge in [-0.3, -0.25) is 14.7 Å². The highest BCUT2D eigenvalue weighted by atomic mass is 79.9. The number of halogens is 1. The van der Waals surface area contributed by atoms with E-state index in [9.17, 15) is 4.79 Å². The Hall–Kier alpha value is -1.75. The lowest BCUT2D eigenvalue weighted by Gasteiger charge is -2.16. The largest absolute Gasteiger partial charge is 0.300 e. The summed E-state index contributed by atoms with van der Waals surface area (Å²) in [5.41, 5.74) is 1.02. The first-order valence-electron chi connectivity index (χ1n) is 6.45. The minimum Gasteiger partial charge on any atom is -0.300 e. The van der Waals surface area contributed by atoms with Crippen LogP contribution in [0.4, 0.5) is 5.82 Å². The zero-order chi connectivity index (χ0) is 14.4. The predicted molar refractivity (Wildman–Crippen MR) is 82.5 cm³/mol. The maximum Gasteiger partial charge on any atom is 0.227 e. The zero-order valence-electron chi connectivity index (χ0n) is 11.3. The molecule has 2 aromatic heterocycles. The van der Waals surface area contributed by atoms with Gasteiger partial charge >= 0.3 is 0 Å². The maximum atomic E-state index is 12.1. The van der Waals surface area contributed by atoms with Crippen LogP contribution in [-0.2, 0) is 11.2 Å². The molecule has 1 amide bonds. The fourth-order valence-electron chi connectivity index (χ4n) is 1.84. The summed E-state index contributed by atoms with van der Waals surface area (Å²) >= 11 is 3.38. The van der Waals surface area contributed by atoms with Crippen LogP contribution in [0, 0.1) is 0 Å². The third-order valence-electron chi connectivity index (χ3n) is 2.98. The lowest BCUT2D eigenvalue weighted by molar-refractivity contribution is -0.118. The second-order valence-electron chi connectivity index (χ2n) is 4.46. The molecule has 4 nitrogen and oxygen atoms in total. The van der Waals surface area contributed by atoms with Crippen LogP contribution < -0.4 is 4.90 Å². The fourth-order valence-corrected chi connectivity index (χ4v) is 2.16. The van der Waals surface area contributed by atoms with Crippen molar-refractivity contribution in [3.63, 3.8) is 0 Å². The van der Waals surface area contributed by atoms with Crippen molar-refractivity contribution in [1.82, 2.24) is 9.97 Å². The number of aryl methyl sites for hydroxylation is 1. The topological polar surface area (TPSA) is 46.1 Å². The quantitative estimate of drug-likeness (QED) is 0.843. The SMILES string of the molecule is CN(C(=O)CCCc1ccccn1)c1cc(Br)ccn1. The van der Waals surface area contributed by atoms with Crippen LogP contribution in [0.3, 0.4) is 0 Å². The average molecular weight is 334 g/mol. The van der Waals surface area contributed by atoms with Gasteiger partial charge in [0.1, 0.15) is 5.82 Å². The molecule has 0 saturated carbocycles. The lowest BCUT2D eigenvalue weighted by Crippen LogP contribution is -2.26. The zero-order valence-corrected chi connectivity index (χ0v) is 12.9. The molecular formula is C15H16BrN3O. The molecule has 5 heteroatoms. The predicted octanol–water partition coefficient (Wildman–Crippen LogP) is 3.22. The normalized spacial score (nSPS) is 10.3. The summed E-state index contributed by atoms with van der Waals surface area (Å²) in [5.74, 6) is 0.716. The third-order valence-corrected chi connectivity index (χ3v) is 3.47. The van der Waals surface area contributed by atoms with E-state index in [1.54, 1.807) is 24.3 Å². The molecule has 0 bridgehead atoms. The van der Waals surface area contributed by atoms with Crippen LogP contribution in [0.5, 0.6) is 0 Å². The summed E-state index contributed by atoms with van der Waals surface area (Å²) in [4.78, 5) is 22.1. The van der Waals surface area contributed by atoms with Crippen molar-refractivity contribution in [2.75, 3.05) is 11.9 Å². The summed E-state index contributed by atoms with van der Waals surface area (Å²) in [5, 5.41) is 0. The molecule has 0 aliphatic heterocycles. The highest BCUT2D eigenvalue weighted by molar-refractivity contribution is 9.10. The van der Waals surface area contributed by atoms with Crippen molar-refractivity contribution >= 4 is 27.7 Å². The van der Waals surface area contributed by atoms with Gasteiger partial charge in [0.05, 0.1) is 0 Å². The highest BCUT2D eigenvalue weighted by Gasteiger charge is 2.12. The molecule has 0 saturated heterocycles. The van der Waals surface area contributed by atoms with Crippen molar-refractivity contribution in [3.8, 4) is 0 Å². The third kappa shape index (κ3) is 4.13. The van der Waals surface area contributed by atoms with Crippen molar-refractivity contribution in [3.05, 3.63) is 52.9 Å². The number of amides is 1. The summed E-state index contributed by atoms with van der Waals surface area (Å²) in [6.07, 6.45) is 5.54. The van der Waals surface area contributed by atoms with Crippen LogP contribution in [0.2, 0.25) is 0 Å². The number of rotatable bonds is 5. The van der Waals surface area contributed by atoms with Gasteiger partial charge < -0.3 is 0 Å². The molecule has 2 heterocycles. The minimum atomic E-state index is 0.0616. The molecule has 104 valence electrons. The second-order valence-corrected chi connectivity index (χ2v) is 5.38. The van der Waals surface area contributed by atoms with Crippen LogP contribution in [0.1, 0.15) is 18.5 Å². The second kappa shape index (κ2) is 7.14. The fraction of sp³-hybridized carbons (Fsp3) is 0.267. The van der Waals surface area contributed by atoms with Gasteiger partial charge in [0.2, 0.25) is 5.91 Å². The van der Waals surface area contributed by atoms with E-state index < -0.39 is 0 Å². The van der Waals surface area contributed by atoms with E-state index in [1.807, 2.05) is 30.3 Å². The Morgan fingerprint density at radius 3 is 2.80 bits per heavy atom. The number of hydrogen-bond acceptors (Lipinski definition) is 3. The molecule has 0 spiro atoms. The van der Waals surface area contributed by atoms with Crippen LogP contribution >= 0.6 is 15.9 Å². The van der Waals surface area contributed by atoms with Crippen LogP contribution in [0.15, 0.2) is 47.2 Å². The number of aromatic nitrogens is 2. The van der Waals surface area contributed by atoms with Gasteiger partial charge in [-0.2, -0.15) is 0 Å². The molecule has 0 radical (unpaired) electrons. The molecule has 0 aliphatic carbocycles. The van der Waals surface area contributed by atoms with E-state index in [1.165, 1.54) is 0 Å². The van der Waals surface area contributed by atoms with Gasteiger partial charge in [-0.15, -0.1) is 0 Å². The standard InChI is InChI=1S/C15H16BrN3O/c1-19(14-11-12(16)8-10-18-14)15(20)7-4-6-13-5-2-3-9-17-13/h2-3,5,8-11H,4,6-7H2,1H3. The smallest absolute Gasteiger partial charge is 0.227 e. The van der Waals surface area contributed by atoms with E-state index in [0.29, 0.717) is 12.2 Å². The Kier molecular flexibility index (Phi) is 5.24. The lowest BCUT2D eigenvalue weighted by atomic mass is 10.1. The maximum absolute atomic E-state index is 12.1. The van der Waals surface area contributed by atoms with Gasteiger partial charge in [0, 0.05) is 36.0 Å². The number of nitrogens with zero attached hydrogens (tertiary/aromatic N) is 3. The first-order chi connectivity index (χ1) is 9.66. The van der Waals surface area contributed by atoms with Gasteiger partial charge in [-0.25, -0.2) is 4.98 Å². The molecular weight excluding hydrogens is 318 g/mol. The minimum absolute atomic E-state index is 0.0616. The molecule has 0 fully saturated rings. The summed E-state index contributed by atoms with van der Waals surface area (Å²) in [6, 6.07) is 9.49. The average Bonchev–Trinajstić information content (AvgIpc) is 2.47. The van der Waals surface area contributed by atoms with Crippen molar-refractivity contribution in [2.24, 2.45) is 0 Å². The first-order valence-corrected chi connectivity index (χ1v) is 7.24. The van der Waals surface area contributed by atoms with Crippen molar-refractivity contribution in [1.29, 1.82) is 0 Å². The van der Waals surface area contributed by atoms with Crippen molar-refractivity contribution < 1.29 is 4.79 Å². The van der Waals surface area contributed by atoms with Gasteiger partial charge in [-0.05, 0) is 37.1 Å². The molecule has 0 atom stereocenters. The van der Waals surface area contributed by atoms with Gasteiger partial charge in [0.25, 0.3) is 0 Å². The van der Waals surface area contributed by atoms with E-state index in [-0.39, 0.29) is 5.91 Å². The van der Waals surface area contributed by atoms with Gasteiger partial charge in [-0.1, -0.05) is 22.0 Å². The number of pyridine rings is 2. The molecule has 0 aromatic carbocycles.